The fourth-order valence-electron chi connectivity index (χ4n) is 4.14. The topological polar surface area (TPSA) is 89.1 Å². The lowest BCUT2D eigenvalue weighted by molar-refractivity contribution is -0.928. The molecule has 28 heavy (non-hydrogen) atoms. The first-order chi connectivity index (χ1) is 13.6. The summed E-state index contributed by atoms with van der Waals surface area (Å²) < 4.78 is 5.38. The van der Waals surface area contributed by atoms with E-state index in [4.69, 9.17) is 4.74 Å². The van der Waals surface area contributed by atoms with Crippen LogP contribution in [0.1, 0.15) is 43.0 Å². The number of nitro benzene ring substituents is 1. The number of rotatable bonds is 7. The van der Waals surface area contributed by atoms with Gasteiger partial charge in [-0.3, -0.25) is 14.9 Å². The maximum atomic E-state index is 12.8. The number of ether oxygens (including phenoxy) is 1. The molecule has 8 heteroatoms. The summed E-state index contributed by atoms with van der Waals surface area (Å²) in [4.78, 5) is 27.2. The molecule has 0 aliphatic carbocycles. The van der Waals surface area contributed by atoms with E-state index in [-0.39, 0.29) is 11.6 Å². The Morgan fingerprint density at radius 1 is 1.36 bits per heavy atom. The quantitative estimate of drug-likeness (QED) is 0.411. The molecule has 0 spiro atoms. The van der Waals surface area contributed by atoms with Gasteiger partial charge in [0.25, 0.3) is 11.6 Å². The predicted octanol–water partition coefficient (Wildman–Crippen LogP) is 1.01. The van der Waals surface area contributed by atoms with Gasteiger partial charge in [-0.2, -0.15) is 0 Å². The van der Waals surface area contributed by atoms with E-state index in [1.807, 2.05) is 0 Å². The van der Waals surface area contributed by atoms with E-state index in [0.29, 0.717) is 44.5 Å². The Morgan fingerprint density at radius 3 is 2.86 bits per heavy atom. The Kier molecular flexibility index (Phi) is 7.22. The van der Waals surface area contributed by atoms with Crippen LogP contribution >= 0.6 is 0 Å². The van der Waals surface area contributed by atoms with E-state index < -0.39 is 4.92 Å². The summed E-state index contributed by atoms with van der Waals surface area (Å²) in [6.07, 6.45) is 4.78. The first-order valence-corrected chi connectivity index (χ1v) is 10.3. The van der Waals surface area contributed by atoms with E-state index in [2.05, 4.69) is 17.1 Å². The summed E-state index contributed by atoms with van der Waals surface area (Å²) in [5, 5.41) is 14.1. The molecule has 1 unspecified atom stereocenters. The molecular formula is C20H31N4O4+. The van der Waals surface area contributed by atoms with Gasteiger partial charge in [0.15, 0.2) is 0 Å². The van der Waals surface area contributed by atoms with Gasteiger partial charge in [-0.25, -0.2) is 0 Å². The number of piperidine rings is 1. The van der Waals surface area contributed by atoms with Crippen molar-refractivity contribution in [1.29, 1.82) is 0 Å². The largest absolute Gasteiger partial charge is 0.378 e. The van der Waals surface area contributed by atoms with E-state index in [1.54, 1.807) is 11.0 Å². The molecule has 0 aromatic heterocycles. The van der Waals surface area contributed by atoms with E-state index in [1.165, 1.54) is 37.9 Å². The standard InChI is InChI=1S/C20H30N4O4/c1-16-5-2-3-9-22(16)10-4-8-21-20(25)18-15-17(24(26)27)6-7-19(18)23-11-13-28-14-12-23/h6-7,15-16H,2-5,8-14H2,1H3,(H,21,25)/p+1/t16-/m0/s1. The maximum absolute atomic E-state index is 12.8. The van der Waals surface area contributed by atoms with Crippen LogP contribution in [0.15, 0.2) is 18.2 Å². The second-order valence-electron chi connectivity index (χ2n) is 7.72. The van der Waals surface area contributed by atoms with Crippen LogP contribution in [0.4, 0.5) is 11.4 Å². The van der Waals surface area contributed by atoms with Crippen LogP contribution in [0.3, 0.4) is 0 Å². The van der Waals surface area contributed by atoms with Crippen molar-refractivity contribution < 1.29 is 19.4 Å². The number of non-ortho nitro benzene ring substituents is 1. The molecule has 2 heterocycles. The number of nitro groups is 1. The Labute approximate surface area is 166 Å². The van der Waals surface area contributed by atoms with Gasteiger partial charge in [-0.05, 0) is 32.3 Å². The third-order valence-corrected chi connectivity index (χ3v) is 5.83. The number of morpholine rings is 1. The van der Waals surface area contributed by atoms with Crippen molar-refractivity contribution in [3.8, 4) is 0 Å². The zero-order valence-electron chi connectivity index (χ0n) is 16.6. The summed E-state index contributed by atoms with van der Waals surface area (Å²) >= 11 is 0. The molecular weight excluding hydrogens is 360 g/mol. The molecule has 2 fully saturated rings. The lowest BCUT2D eigenvalue weighted by Gasteiger charge is -2.30. The normalized spacial score (nSPS) is 22.7. The van der Waals surface area contributed by atoms with E-state index >= 15 is 0 Å². The van der Waals surface area contributed by atoms with Gasteiger partial charge in [0.2, 0.25) is 0 Å². The summed E-state index contributed by atoms with van der Waals surface area (Å²) in [7, 11) is 0. The Hall–Kier alpha value is -2.19. The van der Waals surface area contributed by atoms with Crippen molar-refractivity contribution in [2.75, 3.05) is 50.8 Å². The van der Waals surface area contributed by atoms with Crippen molar-refractivity contribution in [3.63, 3.8) is 0 Å². The molecule has 2 aliphatic heterocycles. The van der Waals surface area contributed by atoms with Crippen LogP contribution in [-0.4, -0.2) is 62.8 Å². The molecule has 154 valence electrons. The number of hydrogen-bond acceptors (Lipinski definition) is 5. The average Bonchev–Trinajstić information content (AvgIpc) is 2.72. The van der Waals surface area contributed by atoms with Crippen molar-refractivity contribution >= 4 is 17.3 Å². The number of likely N-dealkylation sites (tertiary alicyclic amines) is 1. The van der Waals surface area contributed by atoms with Crippen molar-refractivity contribution in [2.45, 2.75) is 38.6 Å². The van der Waals surface area contributed by atoms with Gasteiger partial charge >= 0.3 is 0 Å². The first kappa shape index (κ1) is 20.5. The number of hydrogen-bond donors (Lipinski definition) is 2. The van der Waals surface area contributed by atoms with Crippen LogP contribution < -0.4 is 15.1 Å². The zero-order valence-corrected chi connectivity index (χ0v) is 16.6. The van der Waals surface area contributed by atoms with Crippen LogP contribution in [-0.2, 0) is 4.74 Å². The lowest BCUT2D eigenvalue weighted by Crippen LogP contribution is -3.16. The number of benzene rings is 1. The Bertz CT molecular complexity index is 691. The zero-order chi connectivity index (χ0) is 19.9. The average molecular weight is 391 g/mol. The molecule has 1 amide bonds. The molecule has 0 bridgehead atoms. The minimum Gasteiger partial charge on any atom is -0.378 e. The molecule has 1 aromatic carbocycles. The summed E-state index contributed by atoms with van der Waals surface area (Å²) in [5.41, 5.74) is 1.05. The molecule has 8 nitrogen and oxygen atoms in total. The summed E-state index contributed by atoms with van der Waals surface area (Å²) in [6.45, 7) is 7.67. The Balaban J connectivity index is 1.61. The van der Waals surface area contributed by atoms with Crippen LogP contribution in [0, 0.1) is 10.1 Å². The molecule has 1 aromatic rings. The van der Waals surface area contributed by atoms with Gasteiger partial charge in [0.05, 0.1) is 48.5 Å². The third kappa shape index (κ3) is 5.20. The second-order valence-corrected chi connectivity index (χ2v) is 7.72. The molecule has 3 rings (SSSR count). The van der Waals surface area contributed by atoms with Gasteiger partial charge in [-0.15, -0.1) is 0 Å². The monoisotopic (exact) mass is 391 g/mol. The number of quaternary nitrogens is 1. The van der Waals surface area contributed by atoms with Crippen molar-refractivity contribution in [1.82, 2.24) is 5.32 Å². The number of nitrogens with one attached hydrogen (secondary N) is 2. The second kappa shape index (κ2) is 9.84. The van der Waals surface area contributed by atoms with Gasteiger partial charge in [0.1, 0.15) is 0 Å². The lowest BCUT2D eigenvalue weighted by atomic mass is 10.0. The number of amides is 1. The van der Waals surface area contributed by atoms with Gasteiger partial charge < -0.3 is 19.9 Å². The molecule has 0 saturated carbocycles. The van der Waals surface area contributed by atoms with E-state index in [0.717, 1.165) is 18.7 Å². The third-order valence-electron chi connectivity index (χ3n) is 5.83. The fraction of sp³-hybridized carbons (Fsp3) is 0.650. The molecule has 2 atom stereocenters. The minimum absolute atomic E-state index is 0.0613. The van der Waals surface area contributed by atoms with Crippen molar-refractivity contribution in [2.24, 2.45) is 0 Å². The van der Waals surface area contributed by atoms with Gasteiger partial charge in [-0.1, -0.05) is 0 Å². The number of anilines is 1. The molecule has 2 N–H and O–H groups in total. The molecule has 2 aliphatic rings. The van der Waals surface area contributed by atoms with Crippen LogP contribution in [0.5, 0.6) is 0 Å². The number of carbonyl (C=O) groups is 1. The minimum atomic E-state index is -0.457. The highest BCUT2D eigenvalue weighted by atomic mass is 16.6. The summed E-state index contributed by atoms with van der Waals surface area (Å²) in [6, 6.07) is 5.22. The number of nitrogens with zero attached hydrogens (tertiary/aromatic N) is 2. The first-order valence-electron chi connectivity index (χ1n) is 10.3. The maximum Gasteiger partial charge on any atom is 0.270 e. The molecule has 2 saturated heterocycles. The Morgan fingerprint density at radius 2 is 2.14 bits per heavy atom. The van der Waals surface area contributed by atoms with Crippen LogP contribution in [0.2, 0.25) is 0 Å². The van der Waals surface area contributed by atoms with Crippen molar-refractivity contribution in [3.05, 3.63) is 33.9 Å². The van der Waals surface area contributed by atoms with Gasteiger partial charge in [0, 0.05) is 38.2 Å². The highest BCUT2D eigenvalue weighted by Gasteiger charge is 2.23. The molecule has 0 radical (unpaired) electrons. The highest BCUT2D eigenvalue weighted by molar-refractivity contribution is 6.00. The SMILES string of the molecule is C[C@H]1CCCC[NH+]1CCCNC(=O)c1cc([N+](=O)[O-])ccc1N1CCOCC1. The highest BCUT2D eigenvalue weighted by Crippen LogP contribution is 2.26. The smallest absolute Gasteiger partial charge is 0.270 e. The fourth-order valence-corrected chi connectivity index (χ4v) is 4.14. The number of carbonyl (C=O) groups excluding carboxylic acids is 1. The predicted molar refractivity (Wildman–Crippen MR) is 107 cm³/mol. The van der Waals surface area contributed by atoms with Crippen LogP contribution in [0.25, 0.3) is 0 Å². The summed E-state index contributed by atoms with van der Waals surface area (Å²) in [5.74, 6) is -0.244. The van der Waals surface area contributed by atoms with E-state index in [9.17, 15) is 14.9 Å².